The normalized spacial score (nSPS) is 16.3. The Morgan fingerprint density at radius 2 is 2.06 bits per heavy atom. The number of nitrogens with one attached hydrogen (secondary N) is 2. The average Bonchev–Trinajstić information content (AvgIpc) is 3.41. The number of benzene rings is 2. The Labute approximate surface area is 201 Å². The number of aromatic nitrogens is 4. The molecule has 176 valence electrons. The van der Waals surface area contributed by atoms with E-state index in [1.54, 1.807) is 17.0 Å². The van der Waals surface area contributed by atoms with Crippen LogP contribution in [-0.2, 0) is 34.3 Å². The lowest BCUT2D eigenvalue weighted by Gasteiger charge is -2.32. The molecule has 2 amide bonds. The van der Waals surface area contributed by atoms with Gasteiger partial charge in [0.25, 0.3) is 5.91 Å². The molecule has 1 aliphatic rings. The summed E-state index contributed by atoms with van der Waals surface area (Å²) in [7, 11) is 1.96. The first kappa shape index (κ1) is 22.4. The van der Waals surface area contributed by atoms with Crippen LogP contribution in [0, 0.1) is 0 Å². The third kappa shape index (κ3) is 4.62. The molecular formula is C24H25ClN6O3. The molecule has 34 heavy (non-hydrogen) atoms. The molecule has 1 unspecified atom stereocenters. The number of hydrogen-bond donors (Lipinski definition) is 2. The first-order chi connectivity index (χ1) is 16.5. The predicted molar refractivity (Wildman–Crippen MR) is 128 cm³/mol. The van der Waals surface area contributed by atoms with Crippen molar-refractivity contribution < 1.29 is 14.3 Å². The second kappa shape index (κ2) is 9.44. The highest BCUT2D eigenvalue weighted by Gasteiger charge is 2.29. The van der Waals surface area contributed by atoms with E-state index in [0.29, 0.717) is 36.8 Å². The fourth-order valence-corrected chi connectivity index (χ4v) is 4.41. The standard InChI is InChI=1S/C24H25ClN6O3/c1-30-19-5-3-2-4-17(19)29-22(30)8-9-23(32)31-10-11-34-20(14-31)24(33)26-13-21-27-16-7-6-15(25)12-18(16)28-21/h2-7,12,20H,8-11,13-14H2,1H3,(H,26,33)(H,27,28). The van der Waals surface area contributed by atoms with Crippen LogP contribution in [0.15, 0.2) is 42.5 Å². The average molecular weight is 481 g/mol. The largest absolute Gasteiger partial charge is 0.365 e. The summed E-state index contributed by atoms with van der Waals surface area (Å²) >= 11 is 6.01. The molecule has 1 atom stereocenters. The van der Waals surface area contributed by atoms with Crippen LogP contribution in [0.2, 0.25) is 5.02 Å². The van der Waals surface area contributed by atoms with Gasteiger partial charge in [0.2, 0.25) is 5.91 Å². The first-order valence-electron chi connectivity index (χ1n) is 11.2. The molecule has 3 heterocycles. The first-order valence-corrected chi connectivity index (χ1v) is 11.6. The van der Waals surface area contributed by atoms with Crippen LogP contribution in [0.5, 0.6) is 0 Å². The maximum atomic E-state index is 12.8. The number of H-pyrrole nitrogens is 1. The fraction of sp³-hybridized carbons (Fsp3) is 0.333. The van der Waals surface area contributed by atoms with Crippen LogP contribution in [0.3, 0.4) is 0 Å². The molecule has 9 nitrogen and oxygen atoms in total. The lowest BCUT2D eigenvalue weighted by atomic mass is 10.2. The van der Waals surface area contributed by atoms with E-state index in [1.165, 1.54) is 0 Å². The van der Waals surface area contributed by atoms with E-state index in [4.69, 9.17) is 16.3 Å². The Morgan fingerprint density at radius 3 is 2.91 bits per heavy atom. The number of carbonyl (C=O) groups excluding carboxylic acids is 2. The number of imidazole rings is 2. The second-order valence-corrected chi connectivity index (χ2v) is 8.77. The van der Waals surface area contributed by atoms with Gasteiger partial charge in [0.05, 0.1) is 41.8 Å². The van der Waals surface area contributed by atoms with Gasteiger partial charge in [0.15, 0.2) is 6.10 Å². The van der Waals surface area contributed by atoms with Gasteiger partial charge in [-0.15, -0.1) is 0 Å². The number of carbonyl (C=O) groups is 2. The highest BCUT2D eigenvalue weighted by molar-refractivity contribution is 6.31. The van der Waals surface area contributed by atoms with Crippen molar-refractivity contribution in [2.45, 2.75) is 25.5 Å². The van der Waals surface area contributed by atoms with Crippen molar-refractivity contribution in [3.05, 3.63) is 59.1 Å². The van der Waals surface area contributed by atoms with Crippen molar-refractivity contribution in [2.75, 3.05) is 19.7 Å². The van der Waals surface area contributed by atoms with E-state index >= 15 is 0 Å². The maximum Gasteiger partial charge on any atom is 0.251 e. The van der Waals surface area contributed by atoms with Crippen LogP contribution in [-0.4, -0.2) is 62.0 Å². The summed E-state index contributed by atoms with van der Waals surface area (Å²) in [5.74, 6) is 1.20. The zero-order chi connectivity index (χ0) is 23.7. The number of fused-ring (bicyclic) bond motifs is 2. The zero-order valence-corrected chi connectivity index (χ0v) is 19.5. The molecule has 2 aromatic heterocycles. The molecule has 0 saturated carbocycles. The Hall–Kier alpha value is -3.43. The van der Waals surface area contributed by atoms with Crippen molar-refractivity contribution in [3.63, 3.8) is 0 Å². The molecule has 0 bridgehead atoms. The van der Waals surface area contributed by atoms with Gasteiger partial charge in [0.1, 0.15) is 11.6 Å². The number of aromatic amines is 1. The summed E-state index contributed by atoms with van der Waals surface area (Å²) in [6, 6.07) is 13.3. The van der Waals surface area contributed by atoms with Crippen LogP contribution < -0.4 is 5.32 Å². The summed E-state index contributed by atoms with van der Waals surface area (Å²) < 4.78 is 7.65. The fourth-order valence-electron chi connectivity index (χ4n) is 4.23. The summed E-state index contributed by atoms with van der Waals surface area (Å²) in [5, 5.41) is 3.46. The Kier molecular flexibility index (Phi) is 6.21. The van der Waals surface area contributed by atoms with Gasteiger partial charge in [-0.1, -0.05) is 23.7 Å². The quantitative estimate of drug-likeness (QED) is 0.441. The molecule has 10 heteroatoms. The Bertz CT molecular complexity index is 1360. The third-order valence-electron chi connectivity index (χ3n) is 6.08. The van der Waals surface area contributed by atoms with Gasteiger partial charge in [-0.2, -0.15) is 0 Å². The van der Waals surface area contributed by atoms with Crippen LogP contribution >= 0.6 is 11.6 Å². The molecular weight excluding hydrogens is 456 g/mol. The van der Waals surface area contributed by atoms with Crippen molar-refractivity contribution in [1.29, 1.82) is 0 Å². The molecule has 1 saturated heterocycles. The minimum atomic E-state index is -0.715. The lowest BCUT2D eigenvalue weighted by Crippen LogP contribution is -2.51. The van der Waals surface area contributed by atoms with Crippen molar-refractivity contribution in [3.8, 4) is 0 Å². The molecule has 1 fully saturated rings. The van der Waals surface area contributed by atoms with Crippen molar-refractivity contribution in [2.24, 2.45) is 7.05 Å². The summed E-state index contributed by atoms with van der Waals surface area (Å²) in [5.41, 5.74) is 3.55. The van der Waals surface area contributed by atoms with E-state index in [0.717, 1.165) is 27.9 Å². The number of para-hydroxylation sites is 2. The third-order valence-corrected chi connectivity index (χ3v) is 6.31. The number of amides is 2. The van der Waals surface area contributed by atoms with Gasteiger partial charge < -0.3 is 24.5 Å². The number of morpholine rings is 1. The smallest absolute Gasteiger partial charge is 0.251 e. The molecule has 1 aliphatic heterocycles. The molecule has 0 aliphatic carbocycles. The molecule has 2 N–H and O–H groups in total. The molecule has 2 aromatic carbocycles. The van der Waals surface area contributed by atoms with Crippen LogP contribution in [0.1, 0.15) is 18.1 Å². The minimum Gasteiger partial charge on any atom is -0.365 e. The number of aryl methyl sites for hydroxylation is 2. The molecule has 0 radical (unpaired) electrons. The van der Waals surface area contributed by atoms with Crippen molar-refractivity contribution >= 4 is 45.5 Å². The monoisotopic (exact) mass is 480 g/mol. The van der Waals surface area contributed by atoms with E-state index in [2.05, 4.69) is 20.3 Å². The van der Waals surface area contributed by atoms with E-state index in [1.807, 2.05) is 41.9 Å². The Balaban J connectivity index is 1.15. The van der Waals surface area contributed by atoms with E-state index in [9.17, 15) is 9.59 Å². The lowest BCUT2D eigenvalue weighted by molar-refractivity contribution is -0.147. The maximum absolute atomic E-state index is 12.8. The number of hydrogen-bond acceptors (Lipinski definition) is 5. The number of nitrogens with zero attached hydrogens (tertiary/aromatic N) is 4. The zero-order valence-electron chi connectivity index (χ0n) is 18.8. The SMILES string of the molecule is Cn1c(CCC(=O)N2CCOC(C(=O)NCc3nc4ccc(Cl)cc4[nH]3)C2)nc2ccccc21. The molecule has 4 aromatic rings. The second-order valence-electron chi connectivity index (χ2n) is 8.34. The summed E-state index contributed by atoms with van der Waals surface area (Å²) in [6.45, 7) is 1.24. The van der Waals surface area contributed by atoms with Crippen LogP contribution in [0.4, 0.5) is 0 Å². The number of ether oxygens (including phenoxy) is 1. The molecule has 0 spiro atoms. The Morgan fingerprint density at radius 1 is 1.21 bits per heavy atom. The van der Waals surface area contributed by atoms with Crippen molar-refractivity contribution in [1.82, 2.24) is 29.7 Å². The van der Waals surface area contributed by atoms with Gasteiger partial charge in [-0.05, 0) is 30.3 Å². The van der Waals surface area contributed by atoms with E-state index in [-0.39, 0.29) is 24.9 Å². The van der Waals surface area contributed by atoms with Gasteiger partial charge in [0, 0.05) is 31.5 Å². The molecule has 5 rings (SSSR count). The van der Waals surface area contributed by atoms with E-state index < -0.39 is 6.10 Å². The van der Waals surface area contributed by atoms with Gasteiger partial charge in [-0.25, -0.2) is 9.97 Å². The van der Waals surface area contributed by atoms with Gasteiger partial charge >= 0.3 is 0 Å². The highest BCUT2D eigenvalue weighted by Crippen LogP contribution is 2.18. The predicted octanol–water partition coefficient (Wildman–Crippen LogP) is 2.58. The summed E-state index contributed by atoms with van der Waals surface area (Å²) in [6.07, 6.45) is 0.147. The number of rotatable bonds is 6. The highest BCUT2D eigenvalue weighted by atomic mass is 35.5. The van der Waals surface area contributed by atoms with Crippen LogP contribution in [0.25, 0.3) is 22.1 Å². The topological polar surface area (TPSA) is 105 Å². The minimum absolute atomic E-state index is 0.0117. The number of halogens is 1. The summed E-state index contributed by atoms with van der Waals surface area (Å²) in [4.78, 5) is 39.4. The van der Waals surface area contributed by atoms with Gasteiger partial charge in [-0.3, -0.25) is 9.59 Å².